The van der Waals surface area contributed by atoms with Crippen LogP contribution in [0.1, 0.15) is 12.8 Å². The number of carbonyl (C=O) groups excluding carboxylic acids is 1. The number of hydrazine groups is 1. The van der Waals surface area contributed by atoms with Crippen molar-refractivity contribution in [3.8, 4) is 0 Å². The third-order valence-corrected chi connectivity index (χ3v) is 2.22. The molecule has 1 N–H and O–H groups in total. The van der Waals surface area contributed by atoms with Crippen LogP contribution in [0, 0.1) is 0 Å². The second-order valence-corrected chi connectivity index (χ2v) is 3.27. The highest BCUT2D eigenvalue weighted by molar-refractivity contribution is 5.91. The van der Waals surface area contributed by atoms with Crippen molar-refractivity contribution < 1.29 is 14.3 Å². The molecule has 1 amide bonds. The van der Waals surface area contributed by atoms with Gasteiger partial charge in [-0.25, -0.2) is 5.43 Å². The molecule has 2 aliphatic rings. The van der Waals surface area contributed by atoms with Gasteiger partial charge in [0.1, 0.15) is 19.5 Å². The Hall–Kier alpha value is -1.23. The highest BCUT2D eigenvalue weighted by Gasteiger charge is 2.23. The molecule has 5 nitrogen and oxygen atoms in total. The van der Waals surface area contributed by atoms with Gasteiger partial charge in [-0.2, -0.15) is 0 Å². The fraction of sp³-hybridized carbons (Fsp3) is 0.667. The highest BCUT2D eigenvalue weighted by atomic mass is 16.6. The molecule has 78 valence electrons. The van der Waals surface area contributed by atoms with Gasteiger partial charge in [0.2, 0.25) is 5.76 Å². The van der Waals surface area contributed by atoms with Gasteiger partial charge in [-0.1, -0.05) is 0 Å². The fourth-order valence-corrected chi connectivity index (χ4v) is 1.47. The molecule has 0 aromatic heterocycles. The van der Waals surface area contributed by atoms with Crippen LogP contribution >= 0.6 is 0 Å². The van der Waals surface area contributed by atoms with Crippen LogP contribution in [-0.2, 0) is 14.3 Å². The van der Waals surface area contributed by atoms with E-state index in [0.717, 1.165) is 25.9 Å². The Balaban J connectivity index is 1.95. The number of hydrogen-bond donors (Lipinski definition) is 1. The lowest BCUT2D eigenvalue weighted by Crippen LogP contribution is -2.48. The summed E-state index contributed by atoms with van der Waals surface area (Å²) in [6, 6.07) is 0. The fourth-order valence-electron chi connectivity index (χ4n) is 1.47. The lowest BCUT2D eigenvalue weighted by molar-refractivity contribution is -0.136. The molecular weight excluding hydrogens is 184 g/mol. The first-order chi connectivity index (χ1) is 6.88. The second kappa shape index (κ2) is 4.32. The number of hydrogen-bond acceptors (Lipinski definition) is 4. The molecule has 1 fully saturated rings. The number of carbonyl (C=O) groups is 1. The predicted molar refractivity (Wildman–Crippen MR) is 48.9 cm³/mol. The van der Waals surface area contributed by atoms with Crippen molar-refractivity contribution in [3.63, 3.8) is 0 Å². The van der Waals surface area contributed by atoms with Crippen molar-refractivity contribution in [2.45, 2.75) is 12.8 Å². The van der Waals surface area contributed by atoms with Crippen molar-refractivity contribution in [1.29, 1.82) is 0 Å². The van der Waals surface area contributed by atoms with E-state index in [4.69, 9.17) is 9.47 Å². The smallest absolute Gasteiger partial charge is 0.306 e. The monoisotopic (exact) mass is 198 g/mol. The van der Waals surface area contributed by atoms with E-state index >= 15 is 0 Å². The maximum Gasteiger partial charge on any atom is 0.306 e. The van der Waals surface area contributed by atoms with Gasteiger partial charge in [-0.3, -0.25) is 9.80 Å². The number of amides is 1. The average Bonchev–Trinajstić information content (AvgIpc) is 2.30. The molecule has 5 heteroatoms. The minimum absolute atomic E-state index is 0.135. The molecule has 1 saturated heterocycles. The molecule has 2 heterocycles. The van der Waals surface area contributed by atoms with Crippen LogP contribution in [0.25, 0.3) is 0 Å². The summed E-state index contributed by atoms with van der Waals surface area (Å²) >= 11 is 0. The van der Waals surface area contributed by atoms with E-state index in [9.17, 15) is 4.79 Å². The molecule has 0 radical (unpaired) electrons. The highest BCUT2D eigenvalue weighted by Crippen LogP contribution is 2.09. The van der Waals surface area contributed by atoms with Gasteiger partial charge < -0.3 is 9.47 Å². The van der Waals surface area contributed by atoms with Gasteiger partial charge in [0.25, 0.3) is 0 Å². The van der Waals surface area contributed by atoms with Crippen LogP contribution < -0.4 is 5.43 Å². The Morgan fingerprint density at radius 2 is 2.36 bits per heavy atom. The van der Waals surface area contributed by atoms with E-state index in [1.54, 1.807) is 5.01 Å². The lowest BCUT2D eigenvalue weighted by Gasteiger charge is -2.28. The quantitative estimate of drug-likeness (QED) is 0.644. The zero-order valence-corrected chi connectivity index (χ0v) is 7.99. The lowest BCUT2D eigenvalue weighted by atomic mass is 10.2. The molecule has 0 unspecified atom stereocenters. The normalized spacial score (nSPS) is 22.0. The largest absolute Gasteiger partial charge is 0.494 e. The van der Waals surface area contributed by atoms with E-state index in [0.29, 0.717) is 19.0 Å². The third kappa shape index (κ3) is 1.98. The molecule has 0 aromatic carbocycles. The number of ether oxygens (including phenoxy) is 2. The van der Waals surface area contributed by atoms with Crippen molar-refractivity contribution >= 4 is 5.91 Å². The molecule has 0 aromatic rings. The van der Waals surface area contributed by atoms with Gasteiger partial charge in [-0.15, -0.1) is 0 Å². The Labute approximate surface area is 82.6 Å². The summed E-state index contributed by atoms with van der Waals surface area (Å²) in [5, 5.41) is 1.59. The Morgan fingerprint density at radius 1 is 1.43 bits per heavy atom. The molecular formula is C9H14N2O3. The molecule has 0 bridgehead atoms. The topological polar surface area (TPSA) is 50.8 Å². The van der Waals surface area contributed by atoms with Crippen LogP contribution in [0.5, 0.6) is 0 Å². The molecule has 2 rings (SSSR count). The molecule has 0 aliphatic carbocycles. The van der Waals surface area contributed by atoms with E-state index in [-0.39, 0.29) is 5.91 Å². The minimum atomic E-state index is -0.135. The molecule has 0 spiro atoms. The number of nitrogens with one attached hydrogen (secondary N) is 1. The summed E-state index contributed by atoms with van der Waals surface area (Å²) in [6.07, 6.45) is 3.54. The van der Waals surface area contributed by atoms with Crippen molar-refractivity contribution in [2.24, 2.45) is 0 Å². The van der Waals surface area contributed by atoms with Gasteiger partial charge in [0.05, 0.1) is 0 Å². The zero-order valence-electron chi connectivity index (χ0n) is 7.99. The molecule has 0 saturated carbocycles. The van der Waals surface area contributed by atoms with Gasteiger partial charge >= 0.3 is 5.91 Å². The second-order valence-electron chi connectivity index (χ2n) is 3.27. The Kier molecular flexibility index (Phi) is 2.88. The standard InChI is InChI=1S/C9H14N2O3/c12-9(8-7-13-5-6-14-8)11-4-2-1-3-10-11/h7,10H,1-6H2. The summed E-state index contributed by atoms with van der Waals surface area (Å²) in [6.45, 7) is 2.55. The van der Waals surface area contributed by atoms with E-state index in [1.165, 1.54) is 6.26 Å². The first-order valence-corrected chi connectivity index (χ1v) is 4.88. The van der Waals surface area contributed by atoms with Crippen LogP contribution in [-0.4, -0.2) is 37.2 Å². The summed E-state index contributed by atoms with van der Waals surface area (Å²) in [7, 11) is 0. The van der Waals surface area contributed by atoms with E-state index in [2.05, 4.69) is 5.43 Å². The molecule has 14 heavy (non-hydrogen) atoms. The van der Waals surface area contributed by atoms with Crippen molar-refractivity contribution in [1.82, 2.24) is 10.4 Å². The van der Waals surface area contributed by atoms with Gasteiger partial charge in [0.15, 0.2) is 0 Å². The van der Waals surface area contributed by atoms with Crippen LogP contribution in [0.4, 0.5) is 0 Å². The Morgan fingerprint density at radius 3 is 3.00 bits per heavy atom. The summed E-state index contributed by atoms with van der Waals surface area (Å²) < 4.78 is 10.2. The molecule has 0 atom stereocenters. The minimum Gasteiger partial charge on any atom is -0.494 e. The first-order valence-electron chi connectivity index (χ1n) is 4.88. The number of nitrogens with zero attached hydrogens (tertiary/aromatic N) is 1. The van der Waals surface area contributed by atoms with E-state index in [1.807, 2.05) is 0 Å². The van der Waals surface area contributed by atoms with Crippen molar-refractivity contribution in [3.05, 3.63) is 12.0 Å². The molecule has 2 aliphatic heterocycles. The zero-order chi connectivity index (χ0) is 9.80. The maximum absolute atomic E-state index is 11.7. The summed E-state index contributed by atoms with van der Waals surface area (Å²) in [5.74, 6) is 0.162. The Bertz CT molecular complexity index is 246. The van der Waals surface area contributed by atoms with Crippen LogP contribution in [0.3, 0.4) is 0 Å². The van der Waals surface area contributed by atoms with Gasteiger partial charge in [0, 0.05) is 13.1 Å². The predicted octanol–water partition coefficient (Wildman–Crippen LogP) is 0.00160. The SMILES string of the molecule is O=C(C1=COCCO1)N1CCCCN1. The van der Waals surface area contributed by atoms with Gasteiger partial charge in [-0.05, 0) is 12.8 Å². The first kappa shape index (κ1) is 9.33. The third-order valence-electron chi connectivity index (χ3n) is 2.22. The van der Waals surface area contributed by atoms with Crippen molar-refractivity contribution in [2.75, 3.05) is 26.3 Å². The van der Waals surface area contributed by atoms with Crippen LogP contribution in [0.15, 0.2) is 12.0 Å². The average molecular weight is 198 g/mol. The maximum atomic E-state index is 11.7. The number of rotatable bonds is 1. The van der Waals surface area contributed by atoms with E-state index < -0.39 is 0 Å². The summed E-state index contributed by atoms with van der Waals surface area (Å²) in [5.41, 5.74) is 3.02. The van der Waals surface area contributed by atoms with Crippen LogP contribution in [0.2, 0.25) is 0 Å². The summed E-state index contributed by atoms with van der Waals surface area (Å²) in [4.78, 5) is 11.7.